The first-order valence-corrected chi connectivity index (χ1v) is 35.5. The van der Waals surface area contributed by atoms with Gasteiger partial charge < -0.3 is 27.8 Å². The summed E-state index contributed by atoms with van der Waals surface area (Å²) in [6.45, 7) is 26.1. The molecular weight excluding hydrogens is 1060 g/mol. The van der Waals surface area contributed by atoms with E-state index in [1.54, 1.807) is 12.1 Å². The maximum atomic E-state index is 14.1. The molecule has 0 aromatic heterocycles. The minimum Gasteiger partial charge on any atom is -0.494 e. The molecule has 1 aromatic carbocycles. The van der Waals surface area contributed by atoms with Crippen molar-refractivity contribution < 1.29 is 72.1 Å². The number of halogens is 9. The minimum atomic E-state index is -6.92. The Morgan fingerprint density at radius 3 is 1.47 bits per heavy atom. The van der Waals surface area contributed by atoms with E-state index < -0.39 is 60.0 Å². The van der Waals surface area contributed by atoms with Crippen LogP contribution in [0.1, 0.15) is 222 Å². The molecule has 454 valence electrons. The first-order chi connectivity index (χ1) is 36.2. The molecule has 0 unspecified atom stereocenters. The third kappa shape index (κ3) is 22.1. The normalized spacial score (nSPS) is 19.5. The van der Waals surface area contributed by atoms with Gasteiger partial charge in [0.2, 0.25) is 0 Å². The van der Waals surface area contributed by atoms with Crippen LogP contribution in [0.3, 0.4) is 0 Å². The third-order valence-electron chi connectivity index (χ3n) is 16.7. The maximum Gasteiger partial charge on any atom is 0.460 e. The van der Waals surface area contributed by atoms with E-state index in [1.807, 2.05) is 13.0 Å². The summed E-state index contributed by atoms with van der Waals surface area (Å²) in [5.74, 6) is -18.8. The van der Waals surface area contributed by atoms with E-state index in [0.717, 1.165) is 95.5 Å². The van der Waals surface area contributed by atoms with Gasteiger partial charge in [-0.2, -0.15) is 39.5 Å². The molecule has 1 aromatic rings. The number of carbonyl (C=O) groups excluding carboxylic acids is 1. The zero-order valence-corrected chi connectivity index (χ0v) is 51.7. The van der Waals surface area contributed by atoms with Crippen LogP contribution in [-0.4, -0.2) is 89.8 Å². The Labute approximate surface area is 466 Å². The Balaban J connectivity index is 1.59. The van der Waals surface area contributed by atoms with E-state index in [0.29, 0.717) is 12.2 Å². The van der Waals surface area contributed by atoms with Crippen LogP contribution in [0, 0.1) is 0 Å². The Bertz CT molecular complexity index is 1900. The molecule has 2 aliphatic heterocycles. The van der Waals surface area contributed by atoms with E-state index in [-0.39, 0.29) is 58.4 Å². The number of alkyl halides is 9. The van der Waals surface area contributed by atoms with Gasteiger partial charge in [0.25, 0.3) is 0 Å². The second kappa shape index (κ2) is 31.4. The largest absolute Gasteiger partial charge is 0.494 e. The summed E-state index contributed by atoms with van der Waals surface area (Å²) in [4.78, 5) is 12.5. The van der Waals surface area contributed by atoms with Gasteiger partial charge in [-0.05, 0) is 118 Å². The first-order valence-electron chi connectivity index (χ1n) is 29.7. The number of benzene rings is 1. The van der Waals surface area contributed by atoms with Crippen LogP contribution in [-0.2, 0) is 23.1 Å². The van der Waals surface area contributed by atoms with Crippen molar-refractivity contribution in [1.29, 1.82) is 0 Å². The van der Waals surface area contributed by atoms with Crippen molar-refractivity contribution in [3.05, 3.63) is 35.9 Å². The molecule has 18 heteroatoms. The van der Waals surface area contributed by atoms with Crippen LogP contribution in [0.4, 0.5) is 39.5 Å². The van der Waals surface area contributed by atoms with Crippen LogP contribution in [0.5, 0.6) is 11.5 Å². The van der Waals surface area contributed by atoms with Gasteiger partial charge >= 0.3 is 29.9 Å². The zero-order valence-electron chi connectivity index (χ0n) is 49.7. The molecule has 0 N–H and O–H groups in total. The van der Waals surface area contributed by atoms with Crippen LogP contribution < -0.4 is 9.47 Å². The highest BCUT2D eigenvalue weighted by Crippen LogP contribution is 2.54. The molecule has 2 heterocycles. The van der Waals surface area contributed by atoms with Gasteiger partial charge in [-0.3, -0.25) is 0 Å². The van der Waals surface area contributed by atoms with Crippen molar-refractivity contribution >= 4 is 22.6 Å². The predicted octanol–water partition coefficient (Wildman–Crippen LogP) is 19.9. The van der Waals surface area contributed by atoms with E-state index in [4.69, 9.17) is 27.8 Å². The molecular formula is C60H101F9O7Si2. The Hall–Kier alpha value is -2.29. The van der Waals surface area contributed by atoms with Gasteiger partial charge in [0, 0.05) is 24.5 Å². The third-order valence-corrected chi connectivity index (χ3v) is 25.7. The fourth-order valence-corrected chi connectivity index (χ4v) is 12.5. The van der Waals surface area contributed by atoms with E-state index in [9.17, 15) is 44.3 Å². The van der Waals surface area contributed by atoms with Gasteiger partial charge in [0.15, 0.2) is 16.6 Å². The molecule has 0 amide bonds. The summed E-state index contributed by atoms with van der Waals surface area (Å²) < 4.78 is 158. The molecule has 3 rings (SSSR count). The number of rotatable bonds is 39. The Morgan fingerprint density at radius 2 is 1.01 bits per heavy atom. The van der Waals surface area contributed by atoms with Crippen molar-refractivity contribution in [2.24, 2.45) is 0 Å². The van der Waals surface area contributed by atoms with Gasteiger partial charge in [0.1, 0.15) is 23.7 Å². The molecule has 78 heavy (non-hydrogen) atoms. The number of unbranched alkanes of at least 4 members (excludes halogenated alkanes) is 16. The fraction of sp³-hybridized carbons (Fsp3) is 0.850. The van der Waals surface area contributed by atoms with Crippen molar-refractivity contribution in [1.82, 2.24) is 0 Å². The van der Waals surface area contributed by atoms with E-state index in [2.05, 4.69) is 74.7 Å². The van der Waals surface area contributed by atoms with Crippen molar-refractivity contribution in [2.75, 3.05) is 6.61 Å². The lowest BCUT2D eigenvalue weighted by molar-refractivity contribution is -0.396. The summed E-state index contributed by atoms with van der Waals surface area (Å²) in [5, 5.41) is 0.0765. The second-order valence-corrected chi connectivity index (χ2v) is 35.0. The average Bonchev–Trinajstić information content (AvgIpc) is 3.96. The highest BCUT2D eigenvalue weighted by atomic mass is 28.4. The molecule has 7 nitrogen and oxygen atoms in total. The lowest BCUT2D eigenvalue weighted by Gasteiger charge is -2.41. The van der Waals surface area contributed by atoms with Crippen molar-refractivity contribution in [3.63, 3.8) is 0 Å². The number of cyclic esters (lactones) is 1. The molecule has 1 saturated heterocycles. The molecule has 0 aliphatic carbocycles. The summed E-state index contributed by atoms with van der Waals surface area (Å²) in [5.41, 5.74) is 0.739. The van der Waals surface area contributed by atoms with Crippen LogP contribution in [0.25, 0.3) is 0 Å². The summed E-state index contributed by atoms with van der Waals surface area (Å²) in [6.07, 6.45) is 17.0. The summed E-state index contributed by atoms with van der Waals surface area (Å²) >= 11 is 0. The highest BCUT2D eigenvalue weighted by molar-refractivity contribution is 6.74. The highest BCUT2D eigenvalue weighted by Gasteiger charge is 2.81. The summed E-state index contributed by atoms with van der Waals surface area (Å²) in [7, 11) is -4.21. The number of hydrogen-bond acceptors (Lipinski definition) is 7. The number of esters is 1. The number of ether oxygens (including phenoxy) is 4. The number of hydrogen-bond donors (Lipinski definition) is 0. The fourth-order valence-electron chi connectivity index (χ4n) is 9.70. The Morgan fingerprint density at radius 1 is 0.577 bits per heavy atom. The standard InChI is InChI=1S/C60H101F9O7Si2/c1-13-14-15-16-17-18-19-23-26-29-33-50(73-48-37-35-47(36-38-48)71-42-31-41-57(61,62)58(63,64)59(65,66)60(67,68)69)51-39-40-52(74-51)53(76-78(11,12)56(6,7)8)34-30-27-24-21-20-22-25-28-32-49(75-77(9,10)55(3,4)5)44-46-43-45(2)72-54(46)70/h35-38,43,45,49-53H,13-34,39-42,44H2,1-12H3/t45-,49+,50+,51+,52+,53+/m0/s1. The maximum absolute atomic E-state index is 14.1. The van der Waals surface area contributed by atoms with Crippen LogP contribution >= 0.6 is 0 Å². The molecule has 2 aliphatic rings. The molecule has 6 atom stereocenters. The summed E-state index contributed by atoms with van der Waals surface area (Å²) in [6, 6.07) is 6.25. The number of carbonyl (C=O) groups is 1. The zero-order chi connectivity index (χ0) is 58.6. The minimum absolute atomic E-state index is 0.00342. The van der Waals surface area contributed by atoms with Crippen LogP contribution in [0.15, 0.2) is 35.9 Å². The average molecular weight is 1160 g/mol. The SMILES string of the molecule is CCCCCCCCCCCC[C@@H](Oc1ccc(OCCCC(F)(F)C(F)(F)C(F)(F)C(F)(F)F)cc1)[C@H]1CC[C@H]([C@@H](CCCCCCCCCC[C@H](CC2=C[C@H](C)OC2=O)O[Si](C)(C)C(C)(C)C)O[Si](C)(C)C(C)(C)C)O1. The van der Waals surface area contributed by atoms with Gasteiger partial charge in [0.05, 0.1) is 24.9 Å². The van der Waals surface area contributed by atoms with E-state index >= 15 is 0 Å². The van der Waals surface area contributed by atoms with Crippen LogP contribution in [0.2, 0.25) is 36.3 Å². The monoisotopic (exact) mass is 1160 g/mol. The van der Waals surface area contributed by atoms with Gasteiger partial charge in [-0.1, -0.05) is 158 Å². The first kappa shape index (κ1) is 70.0. The molecule has 0 bridgehead atoms. The van der Waals surface area contributed by atoms with E-state index in [1.165, 1.54) is 69.9 Å². The quantitative estimate of drug-likeness (QED) is 0.0281. The lowest BCUT2D eigenvalue weighted by atomic mass is 9.99. The molecule has 0 radical (unpaired) electrons. The lowest BCUT2D eigenvalue weighted by Crippen LogP contribution is -2.60. The van der Waals surface area contributed by atoms with Gasteiger partial charge in [-0.25, -0.2) is 4.79 Å². The smallest absolute Gasteiger partial charge is 0.460 e. The molecule has 0 saturated carbocycles. The molecule has 1 fully saturated rings. The Kier molecular flexibility index (Phi) is 28.2. The second-order valence-electron chi connectivity index (χ2n) is 25.5. The topological polar surface area (TPSA) is 72.5 Å². The predicted molar refractivity (Wildman–Crippen MR) is 299 cm³/mol. The van der Waals surface area contributed by atoms with Crippen molar-refractivity contribution in [3.8, 4) is 11.5 Å². The molecule has 0 spiro atoms. The van der Waals surface area contributed by atoms with Crippen molar-refractivity contribution in [2.45, 2.75) is 319 Å². The van der Waals surface area contributed by atoms with Gasteiger partial charge in [-0.15, -0.1) is 0 Å².